The van der Waals surface area contributed by atoms with Crippen LogP contribution in [0.3, 0.4) is 0 Å². The maximum absolute atomic E-state index is 12.3. The van der Waals surface area contributed by atoms with Gasteiger partial charge >= 0.3 is 0 Å². The van der Waals surface area contributed by atoms with Crippen molar-refractivity contribution in [1.82, 2.24) is 5.32 Å². The van der Waals surface area contributed by atoms with Crippen molar-refractivity contribution in [3.8, 4) is 5.75 Å². The summed E-state index contributed by atoms with van der Waals surface area (Å²) in [7, 11) is 1.69. The van der Waals surface area contributed by atoms with Gasteiger partial charge in [0.2, 0.25) is 5.91 Å². The van der Waals surface area contributed by atoms with Gasteiger partial charge in [-0.3, -0.25) is 4.79 Å². The van der Waals surface area contributed by atoms with Gasteiger partial charge < -0.3 is 19.7 Å². The summed E-state index contributed by atoms with van der Waals surface area (Å²) in [6, 6.07) is 8.29. The Kier molecular flexibility index (Phi) is 6.10. The second kappa shape index (κ2) is 8.49. The molecular weight excluding hydrogens is 304 g/mol. The van der Waals surface area contributed by atoms with E-state index in [4.69, 9.17) is 9.47 Å². The third-order valence-electron chi connectivity index (χ3n) is 5.20. The summed E-state index contributed by atoms with van der Waals surface area (Å²) in [4.78, 5) is 13.9. The van der Waals surface area contributed by atoms with Crippen LogP contribution < -0.4 is 15.0 Å². The summed E-state index contributed by atoms with van der Waals surface area (Å²) in [5, 5.41) is 3.08. The summed E-state index contributed by atoms with van der Waals surface area (Å²) >= 11 is 0. The van der Waals surface area contributed by atoms with Crippen LogP contribution in [0.15, 0.2) is 24.3 Å². The highest BCUT2D eigenvalue weighted by Gasteiger charge is 2.28. The highest BCUT2D eigenvalue weighted by Crippen LogP contribution is 2.14. The number of quaternary nitrogens is 1. The van der Waals surface area contributed by atoms with E-state index in [1.54, 1.807) is 12.0 Å². The van der Waals surface area contributed by atoms with Crippen LogP contribution in [0.5, 0.6) is 5.75 Å². The highest BCUT2D eigenvalue weighted by atomic mass is 16.5. The standard InChI is InChI=1S/C19H28N2O3/c1-23-17-6-4-15(5-7-17)14-21-10-8-16(9-11-21)19(22)20-13-18-3-2-12-24-18/h4-7,16,18H,2-3,8-14H2,1H3,(H,20,22)/p+1/t18-/m0/s1. The fourth-order valence-electron chi connectivity index (χ4n) is 3.66. The molecule has 0 aromatic heterocycles. The molecule has 1 amide bonds. The summed E-state index contributed by atoms with van der Waals surface area (Å²) in [6.45, 7) is 4.66. The topological polar surface area (TPSA) is 52.0 Å². The Bertz CT molecular complexity index is 518. The zero-order chi connectivity index (χ0) is 16.8. The average Bonchev–Trinajstić information content (AvgIpc) is 3.14. The normalized spacial score (nSPS) is 27.0. The smallest absolute Gasteiger partial charge is 0.223 e. The van der Waals surface area contributed by atoms with E-state index >= 15 is 0 Å². The second-order valence-electron chi connectivity index (χ2n) is 6.93. The molecule has 2 fully saturated rings. The number of carbonyl (C=O) groups excluding carboxylic acids is 1. The van der Waals surface area contributed by atoms with Gasteiger partial charge in [0.1, 0.15) is 12.3 Å². The molecule has 2 N–H and O–H groups in total. The molecule has 2 aliphatic rings. The van der Waals surface area contributed by atoms with Gasteiger partial charge in [-0.2, -0.15) is 0 Å². The predicted octanol–water partition coefficient (Wildman–Crippen LogP) is 0.785. The number of hydrogen-bond donors (Lipinski definition) is 2. The molecule has 1 aromatic carbocycles. The van der Waals surface area contributed by atoms with Gasteiger partial charge in [-0.1, -0.05) is 0 Å². The SMILES string of the molecule is COc1ccc(C[NH+]2CCC(C(=O)NC[C@@H]3CCCO3)CC2)cc1. The fourth-order valence-corrected chi connectivity index (χ4v) is 3.66. The lowest BCUT2D eigenvalue weighted by Crippen LogP contribution is -3.11. The maximum Gasteiger partial charge on any atom is 0.223 e. The molecule has 2 aliphatic heterocycles. The van der Waals surface area contributed by atoms with Crippen molar-refractivity contribution in [1.29, 1.82) is 0 Å². The molecule has 0 bridgehead atoms. The van der Waals surface area contributed by atoms with Gasteiger partial charge in [0, 0.05) is 37.5 Å². The molecule has 132 valence electrons. The monoisotopic (exact) mass is 333 g/mol. The van der Waals surface area contributed by atoms with Gasteiger partial charge in [0.25, 0.3) is 0 Å². The molecule has 5 nitrogen and oxygen atoms in total. The minimum atomic E-state index is 0.172. The van der Waals surface area contributed by atoms with Gasteiger partial charge in [-0.25, -0.2) is 0 Å². The van der Waals surface area contributed by atoms with Crippen LogP contribution in [0.2, 0.25) is 0 Å². The Morgan fingerprint density at radius 3 is 2.62 bits per heavy atom. The first kappa shape index (κ1) is 17.2. The van der Waals surface area contributed by atoms with Crippen LogP contribution in [0.1, 0.15) is 31.2 Å². The molecular formula is C19H29N2O3+. The van der Waals surface area contributed by atoms with E-state index in [9.17, 15) is 4.79 Å². The number of hydrogen-bond acceptors (Lipinski definition) is 3. The van der Waals surface area contributed by atoms with Gasteiger partial charge in [0.15, 0.2) is 0 Å². The molecule has 5 heteroatoms. The van der Waals surface area contributed by atoms with Crippen LogP contribution in [0, 0.1) is 5.92 Å². The fraction of sp³-hybridized carbons (Fsp3) is 0.632. The summed E-state index contributed by atoms with van der Waals surface area (Å²) in [6.07, 6.45) is 4.37. The molecule has 0 radical (unpaired) electrons. The third kappa shape index (κ3) is 4.71. The van der Waals surface area contributed by atoms with Crippen molar-refractivity contribution in [2.24, 2.45) is 5.92 Å². The molecule has 1 atom stereocenters. The van der Waals surface area contributed by atoms with Crippen molar-refractivity contribution < 1.29 is 19.2 Å². The molecule has 2 heterocycles. The van der Waals surface area contributed by atoms with Crippen LogP contribution in [0.25, 0.3) is 0 Å². The van der Waals surface area contributed by atoms with Crippen molar-refractivity contribution in [3.05, 3.63) is 29.8 Å². The zero-order valence-electron chi connectivity index (χ0n) is 14.6. The number of piperidine rings is 1. The quantitative estimate of drug-likeness (QED) is 0.809. The average molecular weight is 333 g/mol. The molecule has 0 unspecified atom stereocenters. The van der Waals surface area contributed by atoms with E-state index < -0.39 is 0 Å². The second-order valence-corrected chi connectivity index (χ2v) is 6.93. The first-order valence-corrected chi connectivity index (χ1v) is 9.10. The highest BCUT2D eigenvalue weighted by molar-refractivity contribution is 5.78. The van der Waals surface area contributed by atoms with Gasteiger partial charge in [0.05, 0.1) is 26.3 Å². The number of amides is 1. The number of benzene rings is 1. The van der Waals surface area contributed by atoms with Crippen molar-refractivity contribution in [2.75, 3.05) is 33.4 Å². The van der Waals surface area contributed by atoms with Crippen molar-refractivity contribution in [3.63, 3.8) is 0 Å². The van der Waals surface area contributed by atoms with E-state index in [-0.39, 0.29) is 17.9 Å². The first-order chi connectivity index (χ1) is 11.7. The Morgan fingerprint density at radius 1 is 1.25 bits per heavy atom. The summed E-state index contributed by atoms with van der Waals surface area (Å²) in [5.74, 6) is 1.29. The largest absolute Gasteiger partial charge is 0.497 e. The number of ether oxygens (including phenoxy) is 2. The van der Waals surface area contributed by atoms with Crippen LogP contribution >= 0.6 is 0 Å². The Hall–Kier alpha value is -1.59. The lowest BCUT2D eigenvalue weighted by atomic mass is 9.95. The predicted molar refractivity (Wildman–Crippen MR) is 92.1 cm³/mol. The molecule has 0 saturated carbocycles. The molecule has 0 spiro atoms. The maximum atomic E-state index is 12.3. The van der Waals surface area contributed by atoms with E-state index in [2.05, 4.69) is 17.4 Å². The zero-order valence-corrected chi connectivity index (χ0v) is 14.6. The minimum Gasteiger partial charge on any atom is -0.497 e. The van der Waals surface area contributed by atoms with E-state index in [0.717, 1.165) is 57.7 Å². The van der Waals surface area contributed by atoms with Crippen molar-refractivity contribution in [2.45, 2.75) is 38.3 Å². The molecule has 0 aliphatic carbocycles. The van der Waals surface area contributed by atoms with Crippen molar-refractivity contribution >= 4 is 5.91 Å². The summed E-state index contributed by atoms with van der Waals surface area (Å²) < 4.78 is 10.8. The van der Waals surface area contributed by atoms with E-state index in [1.807, 2.05) is 12.1 Å². The Balaban J connectivity index is 1.38. The molecule has 24 heavy (non-hydrogen) atoms. The van der Waals surface area contributed by atoms with Gasteiger partial charge in [-0.15, -0.1) is 0 Å². The van der Waals surface area contributed by atoms with E-state index in [1.165, 1.54) is 5.56 Å². The number of methoxy groups -OCH3 is 1. The third-order valence-corrected chi connectivity index (χ3v) is 5.20. The lowest BCUT2D eigenvalue weighted by Gasteiger charge is -2.29. The minimum absolute atomic E-state index is 0.172. The number of likely N-dealkylation sites (tertiary alicyclic amines) is 1. The molecule has 1 aromatic rings. The number of rotatable bonds is 6. The Labute approximate surface area is 144 Å². The first-order valence-electron chi connectivity index (χ1n) is 9.10. The Morgan fingerprint density at radius 2 is 2.00 bits per heavy atom. The molecule has 2 saturated heterocycles. The number of nitrogens with one attached hydrogen (secondary N) is 2. The van der Waals surface area contributed by atoms with Crippen LogP contribution in [-0.4, -0.2) is 45.4 Å². The molecule has 3 rings (SSSR count). The van der Waals surface area contributed by atoms with Gasteiger partial charge in [-0.05, 0) is 37.1 Å². The lowest BCUT2D eigenvalue weighted by molar-refractivity contribution is -0.919. The summed E-state index contributed by atoms with van der Waals surface area (Å²) in [5.41, 5.74) is 1.33. The van der Waals surface area contributed by atoms with Crippen LogP contribution in [0.4, 0.5) is 0 Å². The van der Waals surface area contributed by atoms with E-state index in [0.29, 0.717) is 6.54 Å². The van der Waals surface area contributed by atoms with Crippen LogP contribution in [-0.2, 0) is 16.1 Å². The number of carbonyl (C=O) groups is 1.